The largest absolute Gasteiger partial charge is 0.462 e. The Hall–Kier alpha value is -4.18. The van der Waals surface area contributed by atoms with Gasteiger partial charge in [0.15, 0.2) is 6.29 Å². The molecule has 0 fully saturated rings. The highest BCUT2D eigenvalue weighted by Gasteiger charge is 2.18. The van der Waals surface area contributed by atoms with Crippen LogP contribution in [0.5, 0.6) is 0 Å². The van der Waals surface area contributed by atoms with Crippen molar-refractivity contribution in [3.05, 3.63) is 105 Å². The van der Waals surface area contributed by atoms with Crippen LogP contribution in [-0.2, 0) is 9.53 Å². The van der Waals surface area contributed by atoms with Crippen LogP contribution in [-0.4, -0.2) is 33.8 Å². The maximum absolute atomic E-state index is 10.6. The van der Waals surface area contributed by atoms with E-state index in [2.05, 4.69) is 17.9 Å². The van der Waals surface area contributed by atoms with Gasteiger partial charge in [-0.15, -0.1) is 6.58 Å². The first-order valence-corrected chi connectivity index (χ1v) is 9.14. The number of rotatable bonds is 8. The van der Waals surface area contributed by atoms with Crippen molar-refractivity contribution in [1.29, 1.82) is 0 Å². The number of nitro benzene ring substituents is 2. The highest BCUT2D eigenvalue weighted by atomic mass is 16.6. The van der Waals surface area contributed by atoms with Crippen molar-refractivity contribution in [1.82, 2.24) is 0 Å². The van der Waals surface area contributed by atoms with E-state index in [1.807, 2.05) is 0 Å². The topological polar surface area (TPSA) is 150 Å². The molecule has 1 atom stereocenters. The number of aldehydes is 1. The van der Waals surface area contributed by atoms with Crippen LogP contribution < -0.4 is 0 Å². The lowest BCUT2D eigenvalue weighted by Gasteiger charge is -2.07. The minimum absolute atomic E-state index is 0.0538. The van der Waals surface area contributed by atoms with E-state index in [1.54, 1.807) is 24.3 Å². The number of benzene rings is 2. The minimum Gasteiger partial charge on any atom is -0.462 e. The number of esters is 1. The molecule has 0 saturated heterocycles. The molecule has 2 aromatic rings. The molecule has 0 spiro atoms. The van der Waals surface area contributed by atoms with Crippen molar-refractivity contribution in [2.45, 2.75) is 19.4 Å². The van der Waals surface area contributed by atoms with Crippen LogP contribution in [0.4, 0.5) is 11.4 Å². The van der Waals surface area contributed by atoms with Crippen molar-refractivity contribution in [3.8, 4) is 0 Å². The lowest BCUT2D eigenvalue weighted by Crippen LogP contribution is -2.01. The van der Waals surface area contributed by atoms with Gasteiger partial charge in [0, 0.05) is 19.1 Å². The van der Waals surface area contributed by atoms with Crippen molar-refractivity contribution >= 4 is 23.6 Å². The SMILES string of the molecule is C=CCC(O)c1ccccc1[N+](=O)[O-].C=CCOC(C)=O.O=Cc1ccccc1[N+](=O)[O-]. The molecule has 0 saturated carbocycles. The summed E-state index contributed by atoms with van der Waals surface area (Å²) in [6.07, 6.45) is 2.99. The molecule has 0 heterocycles. The molecular formula is C22H24N2O8. The van der Waals surface area contributed by atoms with E-state index >= 15 is 0 Å². The van der Waals surface area contributed by atoms with Crippen LogP contribution in [0.3, 0.4) is 0 Å². The third kappa shape index (κ3) is 10.6. The maximum Gasteiger partial charge on any atom is 0.302 e. The van der Waals surface area contributed by atoms with Crippen molar-refractivity contribution < 1.29 is 29.3 Å². The Morgan fingerprint density at radius 3 is 1.97 bits per heavy atom. The van der Waals surface area contributed by atoms with E-state index in [0.29, 0.717) is 24.9 Å². The third-order valence-electron chi connectivity index (χ3n) is 3.55. The number of hydrogen-bond donors (Lipinski definition) is 1. The van der Waals surface area contributed by atoms with Gasteiger partial charge in [0.05, 0.1) is 27.1 Å². The molecule has 170 valence electrons. The Morgan fingerprint density at radius 2 is 1.56 bits per heavy atom. The summed E-state index contributed by atoms with van der Waals surface area (Å²) in [4.78, 5) is 39.9. The zero-order valence-electron chi connectivity index (χ0n) is 17.5. The van der Waals surface area contributed by atoms with Crippen molar-refractivity contribution in [2.24, 2.45) is 0 Å². The van der Waals surface area contributed by atoms with Gasteiger partial charge in [0.2, 0.25) is 0 Å². The van der Waals surface area contributed by atoms with Gasteiger partial charge in [-0.25, -0.2) is 0 Å². The molecule has 2 aromatic carbocycles. The standard InChI is InChI=1S/C10H11NO3.C7H5NO3.C5H8O2/c1-2-5-10(12)8-6-3-4-7-9(8)11(13)14;9-5-6-3-1-2-4-7(6)8(10)11;1-3-4-7-5(2)6/h2-4,6-7,10,12H,1,5H2;1-5H;3H,1,4H2,2H3. The third-order valence-corrected chi connectivity index (χ3v) is 3.55. The summed E-state index contributed by atoms with van der Waals surface area (Å²) < 4.78 is 4.43. The summed E-state index contributed by atoms with van der Waals surface area (Å²) >= 11 is 0. The van der Waals surface area contributed by atoms with E-state index in [-0.39, 0.29) is 22.9 Å². The number of carbonyl (C=O) groups excluding carboxylic acids is 2. The average molecular weight is 444 g/mol. The quantitative estimate of drug-likeness (QED) is 0.208. The van der Waals surface area contributed by atoms with Gasteiger partial charge < -0.3 is 9.84 Å². The van der Waals surface area contributed by atoms with Gasteiger partial charge in [-0.3, -0.25) is 29.8 Å². The second-order valence-electron chi connectivity index (χ2n) is 5.88. The van der Waals surface area contributed by atoms with E-state index < -0.39 is 16.0 Å². The summed E-state index contributed by atoms with van der Waals surface area (Å²) in [7, 11) is 0. The zero-order valence-corrected chi connectivity index (χ0v) is 17.5. The van der Waals surface area contributed by atoms with Crippen LogP contribution in [0, 0.1) is 20.2 Å². The summed E-state index contributed by atoms with van der Waals surface area (Å²) in [5, 5.41) is 30.4. The summed E-state index contributed by atoms with van der Waals surface area (Å²) in [6.45, 7) is 8.51. The van der Waals surface area contributed by atoms with Gasteiger partial charge in [0.25, 0.3) is 11.4 Å². The van der Waals surface area contributed by atoms with Crippen LogP contribution >= 0.6 is 0 Å². The smallest absolute Gasteiger partial charge is 0.302 e. The first-order chi connectivity index (χ1) is 15.2. The summed E-state index contributed by atoms with van der Waals surface area (Å²) in [5.41, 5.74) is 0.235. The second kappa shape index (κ2) is 15.6. The van der Waals surface area contributed by atoms with E-state index in [0.717, 1.165) is 0 Å². The number of aliphatic hydroxyl groups excluding tert-OH is 1. The maximum atomic E-state index is 10.6. The number of aliphatic hydroxyl groups is 1. The molecule has 2 rings (SSSR count). The number of nitrogens with zero attached hydrogens (tertiary/aromatic N) is 2. The van der Waals surface area contributed by atoms with Gasteiger partial charge in [-0.2, -0.15) is 0 Å². The van der Waals surface area contributed by atoms with Crippen molar-refractivity contribution in [3.63, 3.8) is 0 Å². The lowest BCUT2D eigenvalue weighted by molar-refractivity contribution is -0.386. The van der Waals surface area contributed by atoms with E-state index in [1.165, 1.54) is 43.3 Å². The fourth-order valence-electron chi connectivity index (χ4n) is 2.15. The first kappa shape index (κ1) is 27.8. The Bertz CT molecular complexity index is 943. The predicted molar refractivity (Wildman–Crippen MR) is 118 cm³/mol. The molecule has 0 aromatic heterocycles. The normalized spacial score (nSPS) is 10.1. The predicted octanol–water partition coefficient (Wildman–Crippen LogP) is 4.35. The van der Waals surface area contributed by atoms with Crippen LogP contribution in [0.15, 0.2) is 73.8 Å². The molecule has 1 unspecified atom stereocenters. The number of carbonyl (C=O) groups is 2. The first-order valence-electron chi connectivity index (χ1n) is 9.14. The summed E-state index contributed by atoms with van der Waals surface area (Å²) in [6, 6.07) is 12.0. The Kier molecular flexibility index (Phi) is 13.6. The molecule has 0 radical (unpaired) electrons. The van der Waals surface area contributed by atoms with Gasteiger partial charge in [0.1, 0.15) is 6.61 Å². The van der Waals surface area contributed by atoms with Crippen LogP contribution in [0.2, 0.25) is 0 Å². The molecule has 10 heteroatoms. The molecule has 0 aliphatic carbocycles. The van der Waals surface area contributed by atoms with Crippen LogP contribution in [0.25, 0.3) is 0 Å². The molecule has 0 aliphatic rings. The fourth-order valence-corrected chi connectivity index (χ4v) is 2.15. The molecule has 32 heavy (non-hydrogen) atoms. The number of para-hydroxylation sites is 2. The number of hydrogen-bond acceptors (Lipinski definition) is 8. The van der Waals surface area contributed by atoms with Gasteiger partial charge in [-0.05, 0) is 18.6 Å². The second-order valence-corrected chi connectivity index (χ2v) is 5.88. The number of nitro groups is 2. The summed E-state index contributed by atoms with van der Waals surface area (Å²) in [5.74, 6) is -0.264. The number of ether oxygens (including phenoxy) is 1. The average Bonchev–Trinajstić information content (AvgIpc) is 2.78. The molecule has 0 bridgehead atoms. The molecule has 0 aliphatic heterocycles. The van der Waals surface area contributed by atoms with Crippen LogP contribution in [0.1, 0.15) is 35.4 Å². The van der Waals surface area contributed by atoms with Crippen molar-refractivity contribution in [2.75, 3.05) is 6.61 Å². The molecule has 1 N–H and O–H groups in total. The Morgan fingerprint density at radius 1 is 1.03 bits per heavy atom. The van der Waals surface area contributed by atoms with E-state index in [4.69, 9.17) is 0 Å². The fraction of sp³-hybridized carbons (Fsp3) is 0.182. The van der Waals surface area contributed by atoms with Gasteiger partial charge in [-0.1, -0.05) is 43.0 Å². The highest BCUT2D eigenvalue weighted by Crippen LogP contribution is 2.26. The highest BCUT2D eigenvalue weighted by molar-refractivity contribution is 5.81. The lowest BCUT2D eigenvalue weighted by atomic mass is 10.0. The minimum atomic E-state index is -0.853. The monoisotopic (exact) mass is 444 g/mol. The Labute approximate surface area is 184 Å². The molecule has 10 nitrogen and oxygen atoms in total. The van der Waals surface area contributed by atoms with E-state index in [9.17, 15) is 34.9 Å². The molecule has 0 amide bonds. The zero-order chi connectivity index (χ0) is 24.5. The molecular weight excluding hydrogens is 420 g/mol. The van der Waals surface area contributed by atoms with Gasteiger partial charge >= 0.3 is 5.97 Å². The Balaban J connectivity index is 0.000000478.